The molecule has 166 valence electrons. The third kappa shape index (κ3) is 3.85. The largest absolute Gasteiger partial charge is 0.507 e. The Bertz CT molecular complexity index is 1200. The molecule has 0 amide bonds. The zero-order valence-corrected chi connectivity index (χ0v) is 17.4. The second-order valence-corrected chi connectivity index (χ2v) is 7.94. The number of nitrogens with one attached hydrogen (secondary N) is 1. The summed E-state index contributed by atoms with van der Waals surface area (Å²) < 4.78 is 41.6. The average Bonchev–Trinajstić information content (AvgIpc) is 2.99. The SMILES string of the molecule is CN1CCCC(Nc2nc3nc(-c4ccc(C(F)(F)F)cc4O)n(C)c(=O)c3n2C)C1. The van der Waals surface area contributed by atoms with Crippen LogP contribution < -0.4 is 10.9 Å². The van der Waals surface area contributed by atoms with Gasteiger partial charge in [0, 0.05) is 26.7 Å². The Hall–Kier alpha value is -3.08. The summed E-state index contributed by atoms with van der Waals surface area (Å²) in [6.07, 6.45) is -2.56. The lowest BCUT2D eigenvalue weighted by Crippen LogP contribution is -2.40. The number of anilines is 1. The molecule has 1 aromatic carbocycles. The van der Waals surface area contributed by atoms with Gasteiger partial charge in [0.25, 0.3) is 5.56 Å². The van der Waals surface area contributed by atoms with E-state index in [1.165, 1.54) is 11.6 Å². The van der Waals surface area contributed by atoms with Gasteiger partial charge in [-0.05, 0) is 44.6 Å². The zero-order chi connectivity index (χ0) is 22.5. The number of hydrogen-bond donors (Lipinski definition) is 2. The van der Waals surface area contributed by atoms with Crippen LogP contribution in [-0.2, 0) is 20.3 Å². The van der Waals surface area contributed by atoms with Crippen molar-refractivity contribution in [2.45, 2.75) is 25.1 Å². The lowest BCUT2D eigenvalue weighted by Gasteiger charge is -2.30. The molecule has 1 aliphatic rings. The lowest BCUT2D eigenvalue weighted by atomic mass is 10.1. The van der Waals surface area contributed by atoms with Gasteiger partial charge in [0.2, 0.25) is 5.95 Å². The van der Waals surface area contributed by atoms with Gasteiger partial charge in [-0.1, -0.05) is 0 Å². The zero-order valence-electron chi connectivity index (χ0n) is 17.4. The molecule has 11 heteroatoms. The van der Waals surface area contributed by atoms with Gasteiger partial charge >= 0.3 is 6.18 Å². The molecule has 0 saturated carbocycles. The van der Waals surface area contributed by atoms with Crippen molar-refractivity contribution in [3.63, 3.8) is 0 Å². The van der Waals surface area contributed by atoms with Gasteiger partial charge in [-0.15, -0.1) is 0 Å². The smallest absolute Gasteiger partial charge is 0.416 e. The first-order valence-corrected chi connectivity index (χ1v) is 9.85. The van der Waals surface area contributed by atoms with Crippen LogP contribution in [0.1, 0.15) is 18.4 Å². The number of benzene rings is 1. The second kappa shape index (κ2) is 7.56. The average molecular weight is 436 g/mol. The van der Waals surface area contributed by atoms with E-state index in [9.17, 15) is 23.1 Å². The summed E-state index contributed by atoms with van der Waals surface area (Å²) in [5.74, 6) is -0.0873. The molecule has 1 atom stereocenters. The molecule has 8 nitrogen and oxygen atoms in total. The lowest BCUT2D eigenvalue weighted by molar-refractivity contribution is -0.137. The third-order valence-corrected chi connectivity index (χ3v) is 5.64. The summed E-state index contributed by atoms with van der Waals surface area (Å²) in [5.41, 5.74) is -0.954. The molecular formula is C20H23F3N6O2. The van der Waals surface area contributed by atoms with Crippen LogP contribution in [-0.4, -0.2) is 55.3 Å². The minimum atomic E-state index is -4.59. The molecule has 3 aromatic rings. The van der Waals surface area contributed by atoms with Crippen LogP contribution in [0.5, 0.6) is 5.75 Å². The molecule has 4 rings (SSSR count). The fourth-order valence-corrected chi connectivity index (χ4v) is 3.97. The number of phenolic OH excluding ortho intramolecular Hbond substituents is 1. The van der Waals surface area contributed by atoms with Crippen molar-refractivity contribution in [2.24, 2.45) is 14.1 Å². The Kier molecular flexibility index (Phi) is 5.16. The van der Waals surface area contributed by atoms with E-state index in [0.29, 0.717) is 12.0 Å². The Morgan fingerprint density at radius 2 is 1.90 bits per heavy atom. The number of likely N-dealkylation sites (tertiary alicyclic amines) is 1. The van der Waals surface area contributed by atoms with Crippen molar-refractivity contribution in [3.05, 3.63) is 34.1 Å². The van der Waals surface area contributed by atoms with E-state index in [-0.39, 0.29) is 28.6 Å². The van der Waals surface area contributed by atoms with E-state index in [0.717, 1.165) is 38.1 Å². The molecule has 0 aliphatic carbocycles. The number of phenols is 1. The molecule has 2 aromatic heterocycles. The molecule has 0 bridgehead atoms. The highest BCUT2D eigenvalue weighted by molar-refractivity contribution is 5.77. The van der Waals surface area contributed by atoms with Gasteiger partial charge in [-0.25, -0.2) is 4.98 Å². The predicted octanol–water partition coefficient (Wildman–Crippen LogP) is 2.56. The molecular weight excluding hydrogens is 413 g/mol. The quantitative estimate of drug-likeness (QED) is 0.656. The van der Waals surface area contributed by atoms with Crippen LogP contribution in [0.25, 0.3) is 22.6 Å². The highest BCUT2D eigenvalue weighted by Gasteiger charge is 2.31. The highest BCUT2D eigenvalue weighted by atomic mass is 19.4. The molecule has 1 aliphatic heterocycles. The molecule has 0 spiro atoms. The summed E-state index contributed by atoms with van der Waals surface area (Å²) in [6.45, 7) is 1.88. The van der Waals surface area contributed by atoms with Gasteiger partial charge in [-0.2, -0.15) is 18.2 Å². The number of fused-ring (bicyclic) bond motifs is 1. The summed E-state index contributed by atoms with van der Waals surface area (Å²) >= 11 is 0. The summed E-state index contributed by atoms with van der Waals surface area (Å²) in [5, 5.41) is 13.6. The number of rotatable bonds is 3. The maximum absolute atomic E-state index is 13.0. The van der Waals surface area contributed by atoms with Crippen LogP contribution in [0, 0.1) is 0 Å². The Labute approximate surface area is 175 Å². The number of nitrogens with zero attached hydrogens (tertiary/aromatic N) is 5. The molecule has 2 N–H and O–H groups in total. The van der Waals surface area contributed by atoms with Gasteiger partial charge in [0.05, 0.1) is 11.1 Å². The molecule has 31 heavy (non-hydrogen) atoms. The third-order valence-electron chi connectivity index (χ3n) is 5.64. The summed E-state index contributed by atoms with van der Waals surface area (Å²) in [6, 6.07) is 2.75. The minimum Gasteiger partial charge on any atom is -0.507 e. The maximum atomic E-state index is 13.0. The Balaban J connectivity index is 1.77. The number of imidazole rings is 1. The number of aromatic nitrogens is 4. The van der Waals surface area contributed by atoms with E-state index in [4.69, 9.17) is 0 Å². The monoisotopic (exact) mass is 436 g/mol. The predicted molar refractivity (Wildman–Crippen MR) is 110 cm³/mol. The summed E-state index contributed by atoms with van der Waals surface area (Å²) in [7, 11) is 5.21. The standard InChI is InChI=1S/C20H23F3N6O2/c1-27-8-4-5-12(10-27)24-19-26-16-15(28(19)2)18(31)29(3)17(25-16)13-7-6-11(9-14(13)30)20(21,22)23/h6-7,9,12,30H,4-5,8,10H2,1-3H3,(H,24,26). The first-order chi connectivity index (χ1) is 14.6. The van der Waals surface area contributed by atoms with Gasteiger partial charge in [0.1, 0.15) is 11.6 Å². The first kappa shape index (κ1) is 21.2. The first-order valence-electron chi connectivity index (χ1n) is 9.85. The van der Waals surface area contributed by atoms with E-state index in [1.807, 2.05) is 7.05 Å². The van der Waals surface area contributed by atoms with Crippen molar-refractivity contribution in [2.75, 3.05) is 25.5 Å². The minimum absolute atomic E-state index is 0.0172. The van der Waals surface area contributed by atoms with E-state index in [1.54, 1.807) is 11.6 Å². The van der Waals surface area contributed by atoms with Gasteiger partial charge in [-0.3, -0.25) is 9.36 Å². The van der Waals surface area contributed by atoms with Crippen LogP contribution in [0.4, 0.5) is 19.1 Å². The topological polar surface area (TPSA) is 88.2 Å². The molecule has 0 radical (unpaired) electrons. The number of piperidine rings is 1. The van der Waals surface area contributed by atoms with Crippen molar-refractivity contribution in [3.8, 4) is 17.1 Å². The van der Waals surface area contributed by atoms with Crippen molar-refractivity contribution >= 4 is 17.1 Å². The fraction of sp³-hybridized carbons (Fsp3) is 0.450. The number of alkyl halides is 3. The van der Waals surface area contributed by atoms with Gasteiger partial charge < -0.3 is 19.9 Å². The number of likely N-dealkylation sites (N-methyl/N-ethyl adjacent to an activating group) is 1. The number of aryl methyl sites for hydroxylation is 1. The summed E-state index contributed by atoms with van der Waals surface area (Å²) in [4.78, 5) is 24.1. The van der Waals surface area contributed by atoms with Crippen molar-refractivity contribution in [1.29, 1.82) is 0 Å². The van der Waals surface area contributed by atoms with Crippen LogP contribution in [0.15, 0.2) is 23.0 Å². The van der Waals surface area contributed by atoms with E-state index in [2.05, 4.69) is 20.2 Å². The Morgan fingerprint density at radius 3 is 2.55 bits per heavy atom. The maximum Gasteiger partial charge on any atom is 0.416 e. The van der Waals surface area contributed by atoms with E-state index < -0.39 is 23.0 Å². The number of halogens is 3. The Morgan fingerprint density at radius 1 is 1.16 bits per heavy atom. The van der Waals surface area contributed by atoms with Crippen LogP contribution in [0.3, 0.4) is 0 Å². The van der Waals surface area contributed by atoms with Crippen LogP contribution in [0.2, 0.25) is 0 Å². The van der Waals surface area contributed by atoms with Crippen LogP contribution >= 0.6 is 0 Å². The molecule has 1 fully saturated rings. The fourth-order valence-electron chi connectivity index (χ4n) is 3.97. The van der Waals surface area contributed by atoms with E-state index >= 15 is 0 Å². The molecule has 1 saturated heterocycles. The van der Waals surface area contributed by atoms with Gasteiger partial charge in [0.15, 0.2) is 11.2 Å². The van der Waals surface area contributed by atoms with Crippen molar-refractivity contribution < 1.29 is 18.3 Å². The second-order valence-electron chi connectivity index (χ2n) is 7.94. The number of aromatic hydroxyl groups is 1. The highest BCUT2D eigenvalue weighted by Crippen LogP contribution is 2.36. The van der Waals surface area contributed by atoms with Crippen molar-refractivity contribution in [1.82, 2.24) is 24.0 Å². The number of hydrogen-bond acceptors (Lipinski definition) is 6. The molecule has 1 unspecified atom stereocenters. The molecule has 3 heterocycles. The normalized spacial score (nSPS) is 17.9.